The number of methoxy groups -OCH3 is 1. The van der Waals surface area contributed by atoms with E-state index in [2.05, 4.69) is 4.98 Å². The molecular weight excluding hydrogens is 447 g/mol. The molecule has 1 aliphatic heterocycles. The Bertz CT molecular complexity index is 1460. The lowest BCUT2D eigenvalue weighted by Crippen LogP contribution is -2.31. The van der Waals surface area contributed by atoms with Crippen LogP contribution in [-0.2, 0) is 16.0 Å². The molecule has 4 aromatic rings. The third kappa shape index (κ3) is 4.05. The standard InChI is InChI=1S/C28H23FN2O4/c1-35-21-10-11-23-22(15-21)19(16-30-23)12-13-31-25(18-8-5-9-20(29)14-18)24(27(33)28(31)34)26(32)17-6-3-2-4-7-17/h2-11,14-16,25,30,32H,12-13H2,1H3/b26-24-. The van der Waals surface area contributed by atoms with Crippen molar-refractivity contribution in [2.75, 3.05) is 13.7 Å². The van der Waals surface area contributed by atoms with E-state index in [4.69, 9.17) is 4.74 Å². The fourth-order valence-electron chi connectivity index (χ4n) is 4.62. The van der Waals surface area contributed by atoms with Crippen LogP contribution in [0, 0.1) is 5.82 Å². The number of nitrogens with zero attached hydrogens (tertiary/aromatic N) is 1. The minimum absolute atomic E-state index is 0.0487. The third-order valence-corrected chi connectivity index (χ3v) is 6.35. The Hall–Kier alpha value is -4.39. The normalized spacial score (nSPS) is 17.3. The first kappa shape index (κ1) is 22.4. The van der Waals surface area contributed by atoms with Crippen molar-refractivity contribution in [3.05, 3.63) is 107 Å². The average Bonchev–Trinajstić information content (AvgIpc) is 3.40. The first-order chi connectivity index (χ1) is 17.0. The average molecular weight is 471 g/mol. The van der Waals surface area contributed by atoms with Crippen LogP contribution in [0.15, 0.2) is 84.6 Å². The van der Waals surface area contributed by atoms with Gasteiger partial charge in [-0.2, -0.15) is 0 Å². The molecule has 35 heavy (non-hydrogen) atoms. The van der Waals surface area contributed by atoms with Crippen LogP contribution in [0.5, 0.6) is 5.75 Å². The number of carbonyl (C=O) groups is 2. The van der Waals surface area contributed by atoms with Crippen molar-refractivity contribution in [1.29, 1.82) is 0 Å². The summed E-state index contributed by atoms with van der Waals surface area (Å²) in [5.74, 6) is -1.58. The number of rotatable bonds is 6. The smallest absolute Gasteiger partial charge is 0.295 e. The predicted molar refractivity (Wildman–Crippen MR) is 130 cm³/mol. The second kappa shape index (κ2) is 9.10. The maximum absolute atomic E-state index is 14.2. The van der Waals surface area contributed by atoms with E-state index in [1.807, 2.05) is 24.4 Å². The van der Waals surface area contributed by atoms with Gasteiger partial charge in [0, 0.05) is 29.2 Å². The molecule has 1 aliphatic rings. The Morgan fingerprint density at radius 1 is 1.06 bits per heavy atom. The van der Waals surface area contributed by atoms with E-state index in [0.717, 1.165) is 16.5 Å². The lowest BCUT2D eigenvalue weighted by atomic mass is 9.95. The van der Waals surface area contributed by atoms with Crippen molar-refractivity contribution < 1.29 is 23.8 Å². The zero-order chi connectivity index (χ0) is 24.5. The van der Waals surface area contributed by atoms with Gasteiger partial charge in [0.05, 0.1) is 18.7 Å². The highest BCUT2D eigenvalue weighted by Gasteiger charge is 2.46. The number of Topliss-reactive ketones (excluding diaryl/α,β-unsaturated/α-hetero) is 1. The SMILES string of the molecule is COc1ccc2[nH]cc(CCN3C(=O)C(=O)/C(=C(\O)c4ccccc4)C3c3cccc(F)c3)c2c1. The van der Waals surface area contributed by atoms with E-state index in [-0.39, 0.29) is 17.9 Å². The molecular formula is C28H23FN2O4. The van der Waals surface area contributed by atoms with Gasteiger partial charge in [0.15, 0.2) is 0 Å². The molecule has 1 aromatic heterocycles. The molecule has 0 saturated carbocycles. The molecule has 6 nitrogen and oxygen atoms in total. The van der Waals surface area contributed by atoms with Gasteiger partial charge in [-0.1, -0.05) is 42.5 Å². The molecule has 1 fully saturated rings. The maximum atomic E-state index is 14.2. The summed E-state index contributed by atoms with van der Waals surface area (Å²) >= 11 is 0. The Labute approximate surface area is 201 Å². The van der Waals surface area contributed by atoms with Crippen LogP contribution in [-0.4, -0.2) is 40.3 Å². The summed E-state index contributed by atoms with van der Waals surface area (Å²) in [5, 5.41) is 12.0. The quantitative estimate of drug-likeness (QED) is 0.237. The van der Waals surface area contributed by atoms with E-state index in [1.54, 1.807) is 43.5 Å². The molecule has 0 spiro atoms. The summed E-state index contributed by atoms with van der Waals surface area (Å²) in [5.41, 5.74) is 2.65. The molecule has 0 aliphatic carbocycles. The van der Waals surface area contributed by atoms with Crippen molar-refractivity contribution in [2.45, 2.75) is 12.5 Å². The number of likely N-dealkylation sites (tertiary alicyclic amines) is 1. The van der Waals surface area contributed by atoms with E-state index >= 15 is 0 Å². The van der Waals surface area contributed by atoms with Gasteiger partial charge in [-0.3, -0.25) is 9.59 Å². The molecule has 2 heterocycles. The molecule has 176 valence electrons. The first-order valence-corrected chi connectivity index (χ1v) is 11.2. The minimum Gasteiger partial charge on any atom is -0.507 e. The van der Waals surface area contributed by atoms with E-state index in [1.165, 1.54) is 23.1 Å². The summed E-state index contributed by atoms with van der Waals surface area (Å²) < 4.78 is 19.5. The van der Waals surface area contributed by atoms with E-state index < -0.39 is 23.5 Å². The highest BCUT2D eigenvalue weighted by Crippen LogP contribution is 2.39. The molecule has 1 unspecified atom stereocenters. The number of benzene rings is 3. The second-order valence-corrected chi connectivity index (χ2v) is 8.39. The number of aromatic nitrogens is 1. The van der Waals surface area contributed by atoms with Crippen LogP contribution in [0.3, 0.4) is 0 Å². The zero-order valence-corrected chi connectivity index (χ0v) is 19.0. The predicted octanol–water partition coefficient (Wildman–Crippen LogP) is 4.98. The monoisotopic (exact) mass is 470 g/mol. The zero-order valence-electron chi connectivity index (χ0n) is 19.0. The number of aliphatic hydroxyl groups excluding tert-OH is 1. The lowest BCUT2D eigenvalue weighted by Gasteiger charge is -2.25. The molecule has 7 heteroatoms. The van der Waals surface area contributed by atoms with Crippen LogP contribution in [0.4, 0.5) is 4.39 Å². The maximum Gasteiger partial charge on any atom is 0.295 e. The summed E-state index contributed by atoms with van der Waals surface area (Å²) in [6, 6.07) is 19.1. The van der Waals surface area contributed by atoms with Gasteiger partial charge in [-0.15, -0.1) is 0 Å². The fraction of sp³-hybridized carbons (Fsp3) is 0.143. The van der Waals surface area contributed by atoms with Crippen LogP contribution in [0.2, 0.25) is 0 Å². The molecule has 1 saturated heterocycles. The van der Waals surface area contributed by atoms with E-state index in [0.29, 0.717) is 23.3 Å². The van der Waals surface area contributed by atoms with Gasteiger partial charge in [-0.05, 0) is 47.9 Å². The Balaban J connectivity index is 1.55. The van der Waals surface area contributed by atoms with Crippen LogP contribution in [0.25, 0.3) is 16.7 Å². The lowest BCUT2D eigenvalue weighted by molar-refractivity contribution is -0.139. The summed E-state index contributed by atoms with van der Waals surface area (Å²) in [6.45, 7) is 0.196. The Morgan fingerprint density at radius 2 is 1.86 bits per heavy atom. The van der Waals surface area contributed by atoms with Crippen LogP contribution < -0.4 is 4.74 Å². The summed E-state index contributed by atoms with van der Waals surface area (Å²) in [4.78, 5) is 30.9. The molecule has 0 radical (unpaired) electrons. The van der Waals surface area contributed by atoms with Crippen molar-refractivity contribution in [3.63, 3.8) is 0 Å². The van der Waals surface area contributed by atoms with Crippen LogP contribution in [0.1, 0.15) is 22.7 Å². The van der Waals surface area contributed by atoms with Crippen molar-refractivity contribution in [1.82, 2.24) is 9.88 Å². The van der Waals surface area contributed by atoms with Gasteiger partial charge in [0.2, 0.25) is 0 Å². The first-order valence-electron chi connectivity index (χ1n) is 11.2. The van der Waals surface area contributed by atoms with Crippen molar-refractivity contribution >= 4 is 28.4 Å². The molecule has 1 atom stereocenters. The highest BCUT2D eigenvalue weighted by molar-refractivity contribution is 6.46. The van der Waals surface area contributed by atoms with E-state index in [9.17, 15) is 19.1 Å². The fourth-order valence-corrected chi connectivity index (χ4v) is 4.62. The largest absolute Gasteiger partial charge is 0.507 e. The number of halogens is 1. The number of hydrogen-bond donors (Lipinski definition) is 2. The van der Waals surface area contributed by atoms with Crippen molar-refractivity contribution in [2.24, 2.45) is 0 Å². The van der Waals surface area contributed by atoms with Gasteiger partial charge in [-0.25, -0.2) is 4.39 Å². The molecule has 2 N–H and O–H groups in total. The third-order valence-electron chi connectivity index (χ3n) is 6.35. The molecule has 1 amide bonds. The molecule has 5 rings (SSSR count). The van der Waals surface area contributed by atoms with Gasteiger partial charge < -0.3 is 19.7 Å². The molecule has 3 aromatic carbocycles. The summed E-state index contributed by atoms with van der Waals surface area (Å²) in [6.07, 6.45) is 2.30. The topological polar surface area (TPSA) is 82.6 Å². The Kier molecular flexibility index (Phi) is 5.82. The van der Waals surface area contributed by atoms with Gasteiger partial charge >= 0.3 is 0 Å². The van der Waals surface area contributed by atoms with Crippen molar-refractivity contribution in [3.8, 4) is 5.75 Å². The minimum atomic E-state index is -0.911. The van der Waals surface area contributed by atoms with Gasteiger partial charge in [0.1, 0.15) is 17.3 Å². The number of aromatic amines is 1. The number of carbonyl (C=O) groups excluding carboxylic acids is 2. The van der Waals surface area contributed by atoms with Crippen LogP contribution >= 0.6 is 0 Å². The number of fused-ring (bicyclic) bond motifs is 1. The highest BCUT2D eigenvalue weighted by atomic mass is 19.1. The molecule has 0 bridgehead atoms. The summed E-state index contributed by atoms with van der Waals surface area (Å²) in [7, 11) is 1.60. The second-order valence-electron chi connectivity index (χ2n) is 8.39. The number of aliphatic hydroxyl groups is 1. The number of hydrogen-bond acceptors (Lipinski definition) is 4. The number of ether oxygens (including phenoxy) is 1. The number of amides is 1. The number of nitrogens with one attached hydrogen (secondary N) is 1. The Morgan fingerprint density at radius 3 is 2.60 bits per heavy atom. The van der Waals surface area contributed by atoms with Gasteiger partial charge in [0.25, 0.3) is 11.7 Å². The number of H-pyrrole nitrogens is 1. The number of ketones is 1.